The normalized spacial score (nSPS) is 10.4. The number of amides is 1. The smallest absolute Gasteiger partial charge is 0.270 e. The molecule has 6 heteroatoms. The molecule has 0 aliphatic rings. The third-order valence-electron chi connectivity index (χ3n) is 4.51. The Kier molecular flexibility index (Phi) is 6.22. The number of aryl methyl sites for hydroxylation is 2. The highest BCUT2D eigenvalue weighted by Gasteiger charge is 2.09. The minimum Gasteiger partial charge on any atom is -0.497 e. The van der Waals surface area contributed by atoms with Crippen LogP contribution in [0.2, 0.25) is 0 Å². The van der Waals surface area contributed by atoms with Crippen molar-refractivity contribution in [2.24, 2.45) is 0 Å². The van der Waals surface area contributed by atoms with Gasteiger partial charge in [0.1, 0.15) is 23.6 Å². The predicted octanol–water partition coefficient (Wildman–Crippen LogP) is 3.82. The van der Waals surface area contributed by atoms with Crippen molar-refractivity contribution in [1.82, 2.24) is 15.3 Å². The zero-order chi connectivity index (χ0) is 19.9. The van der Waals surface area contributed by atoms with E-state index in [0.717, 1.165) is 17.0 Å². The predicted molar refractivity (Wildman–Crippen MR) is 110 cm³/mol. The van der Waals surface area contributed by atoms with Gasteiger partial charge >= 0.3 is 0 Å². The maximum absolute atomic E-state index is 12.4. The van der Waals surface area contributed by atoms with Crippen molar-refractivity contribution in [3.63, 3.8) is 0 Å². The molecule has 1 amide bonds. The molecule has 0 saturated heterocycles. The van der Waals surface area contributed by atoms with Crippen LogP contribution < -0.4 is 15.4 Å². The van der Waals surface area contributed by atoms with Crippen molar-refractivity contribution in [2.75, 3.05) is 19.0 Å². The van der Waals surface area contributed by atoms with Crippen molar-refractivity contribution >= 4 is 17.4 Å². The molecule has 0 bridgehead atoms. The second-order valence-electron chi connectivity index (χ2n) is 6.57. The first kappa shape index (κ1) is 19.4. The summed E-state index contributed by atoms with van der Waals surface area (Å²) in [5, 5.41) is 6.11. The van der Waals surface area contributed by atoms with Gasteiger partial charge in [-0.25, -0.2) is 9.97 Å². The van der Waals surface area contributed by atoms with Gasteiger partial charge in [0, 0.05) is 18.3 Å². The number of carbonyl (C=O) groups is 1. The molecule has 2 N–H and O–H groups in total. The van der Waals surface area contributed by atoms with Crippen LogP contribution in [0, 0.1) is 13.8 Å². The molecule has 0 saturated carbocycles. The number of carbonyl (C=O) groups excluding carboxylic acids is 1. The van der Waals surface area contributed by atoms with Crippen LogP contribution in [-0.4, -0.2) is 29.5 Å². The maximum atomic E-state index is 12.4. The van der Waals surface area contributed by atoms with Crippen LogP contribution in [0.1, 0.15) is 27.2 Å². The molecule has 0 aliphatic heterocycles. The van der Waals surface area contributed by atoms with Crippen molar-refractivity contribution in [3.8, 4) is 5.75 Å². The second-order valence-corrected chi connectivity index (χ2v) is 6.57. The van der Waals surface area contributed by atoms with Gasteiger partial charge in [-0.05, 0) is 61.2 Å². The van der Waals surface area contributed by atoms with Crippen molar-refractivity contribution in [2.45, 2.75) is 20.3 Å². The highest BCUT2D eigenvalue weighted by molar-refractivity contribution is 5.92. The molecule has 1 heterocycles. The first-order valence-corrected chi connectivity index (χ1v) is 9.12. The number of anilines is 2. The van der Waals surface area contributed by atoms with Crippen LogP contribution in [0.5, 0.6) is 5.75 Å². The highest BCUT2D eigenvalue weighted by Crippen LogP contribution is 2.18. The minimum atomic E-state index is -0.228. The Bertz CT molecular complexity index is 972. The molecule has 0 unspecified atom stereocenters. The Hall–Kier alpha value is -3.41. The number of nitrogens with zero attached hydrogens (tertiary/aromatic N) is 2. The zero-order valence-electron chi connectivity index (χ0n) is 16.3. The molecule has 0 radical (unpaired) electrons. The minimum absolute atomic E-state index is 0.228. The van der Waals surface area contributed by atoms with E-state index in [1.165, 1.54) is 17.5 Å². The van der Waals surface area contributed by atoms with Crippen molar-refractivity contribution < 1.29 is 9.53 Å². The summed E-state index contributed by atoms with van der Waals surface area (Å²) in [7, 11) is 1.64. The van der Waals surface area contributed by atoms with Crippen molar-refractivity contribution in [1.29, 1.82) is 0 Å². The van der Waals surface area contributed by atoms with Gasteiger partial charge in [-0.3, -0.25) is 4.79 Å². The number of ether oxygens (including phenoxy) is 1. The average molecular weight is 376 g/mol. The molecule has 0 aliphatic carbocycles. The quantitative estimate of drug-likeness (QED) is 0.656. The van der Waals surface area contributed by atoms with E-state index in [4.69, 9.17) is 4.74 Å². The van der Waals surface area contributed by atoms with E-state index in [2.05, 4.69) is 34.4 Å². The largest absolute Gasteiger partial charge is 0.497 e. The molecule has 1 aromatic heterocycles. The van der Waals surface area contributed by atoms with Crippen LogP contribution in [0.3, 0.4) is 0 Å². The molecule has 6 nitrogen and oxygen atoms in total. The molecule has 144 valence electrons. The number of methoxy groups -OCH3 is 1. The van der Waals surface area contributed by atoms with Gasteiger partial charge < -0.3 is 15.4 Å². The summed E-state index contributed by atoms with van der Waals surface area (Å²) in [6, 6.07) is 15.5. The fraction of sp³-hybridized carbons (Fsp3) is 0.227. The molecule has 3 aromatic rings. The van der Waals surface area contributed by atoms with Crippen LogP contribution in [0.25, 0.3) is 0 Å². The average Bonchev–Trinajstić information content (AvgIpc) is 2.71. The summed E-state index contributed by atoms with van der Waals surface area (Å²) in [6.07, 6.45) is 2.10. The fourth-order valence-electron chi connectivity index (χ4n) is 2.76. The summed E-state index contributed by atoms with van der Waals surface area (Å²) in [5.41, 5.74) is 4.76. The van der Waals surface area contributed by atoms with E-state index in [1.807, 2.05) is 42.5 Å². The van der Waals surface area contributed by atoms with Gasteiger partial charge in [-0.15, -0.1) is 0 Å². The molecule has 28 heavy (non-hydrogen) atoms. The number of nitrogens with one attached hydrogen (secondary N) is 2. The Morgan fingerprint density at radius 3 is 2.68 bits per heavy atom. The van der Waals surface area contributed by atoms with Gasteiger partial charge in [-0.1, -0.05) is 18.2 Å². The van der Waals surface area contributed by atoms with Crippen LogP contribution in [0.15, 0.2) is 54.9 Å². The van der Waals surface area contributed by atoms with E-state index in [1.54, 1.807) is 13.2 Å². The molecule has 2 aromatic carbocycles. The number of benzene rings is 2. The zero-order valence-corrected chi connectivity index (χ0v) is 16.3. The molecule has 0 spiro atoms. The van der Waals surface area contributed by atoms with E-state index in [9.17, 15) is 4.79 Å². The summed E-state index contributed by atoms with van der Waals surface area (Å²) < 4.78 is 5.22. The Morgan fingerprint density at radius 2 is 1.89 bits per heavy atom. The van der Waals surface area contributed by atoms with E-state index >= 15 is 0 Å². The van der Waals surface area contributed by atoms with E-state index in [0.29, 0.717) is 24.5 Å². The molecule has 3 rings (SSSR count). The van der Waals surface area contributed by atoms with E-state index in [-0.39, 0.29) is 5.91 Å². The topological polar surface area (TPSA) is 76.1 Å². The first-order chi connectivity index (χ1) is 13.5. The second kappa shape index (κ2) is 8.99. The summed E-state index contributed by atoms with van der Waals surface area (Å²) in [5.74, 6) is 1.16. The number of hydrogen-bond donors (Lipinski definition) is 2. The summed E-state index contributed by atoms with van der Waals surface area (Å²) in [6.45, 7) is 4.63. The lowest BCUT2D eigenvalue weighted by Crippen LogP contribution is -2.26. The van der Waals surface area contributed by atoms with Crippen molar-refractivity contribution in [3.05, 3.63) is 77.2 Å². The summed E-state index contributed by atoms with van der Waals surface area (Å²) >= 11 is 0. The van der Waals surface area contributed by atoms with Gasteiger partial charge in [0.2, 0.25) is 0 Å². The Labute approximate surface area is 165 Å². The lowest BCUT2D eigenvalue weighted by Gasteiger charge is -2.09. The van der Waals surface area contributed by atoms with Gasteiger partial charge in [-0.2, -0.15) is 0 Å². The standard InChI is InChI=1S/C22H24N4O2/c1-15-7-8-18(11-16(15)2)26-21-13-20(24-14-25-21)22(27)23-10-9-17-5-4-6-19(12-17)28-3/h4-8,11-14H,9-10H2,1-3H3,(H,23,27)(H,24,25,26). The fourth-order valence-corrected chi connectivity index (χ4v) is 2.76. The molecule has 0 fully saturated rings. The Balaban J connectivity index is 1.59. The van der Waals surface area contributed by atoms with Crippen LogP contribution >= 0.6 is 0 Å². The summed E-state index contributed by atoms with van der Waals surface area (Å²) in [4.78, 5) is 20.7. The van der Waals surface area contributed by atoms with Crippen LogP contribution in [0.4, 0.5) is 11.5 Å². The SMILES string of the molecule is COc1cccc(CCNC(=O)c2cc(Nc3ccc(C)c(C)c3)ncn2)c1. The lowest BCUT2D eigenvalue weighted by molar-refractivity contribution is 0.0949. The van der Waals surface area contributed by atoms with E-state index < -0.39 is 0 Å². The number of aromatic nitrogens is 2. The maximum Gasteiger partial charge on any atom is 0.270 e. The lowest BCUT2D eigenvalue weighted by atomic mass is 10.1. The monoisotopic (exact) mass is 376 g/mol. The number of hydrogen-bond acceptors (Lipinski definition) is 5. The molecular formula is C22H24N4O2. The molecule has 0 atom stereocenters. The highest BCUT2D eigenvalue weighted by atomic mass is 16.5. The Morgan fingerprint density at radius 1 is 1.04 bits per heavy atom. The van der Waals surface area contributed by atoms with Gasteiger partial charge in [0.15, 0.2) is 0 Å². The first-order valence-electron chi connectivity index (χ1n) is 9.12. The molecular weight excluding hydrogens is 352 g/mol. The third kappa shape index (κ3) is 5.07. The van der Waals surface area contributed by atoms with Gasteiger partial charge in [0.05, 0.1) is 7.11 Å². The van der Waals surface area contributed by atoms with Gasteiger partial charge in [0.25, 0.3) is 5.91 Å². The van der Waals surface area contributed by atoms with Crippen LogP contribution in [-0.2, 0) is 6.42 Å². The number of rotatable bonds is 7. The third-order valence-corrected chi connectivity index (χ3v) is 4.51.